The van der Waals surface area contributed by atoms with E-state index in [1.54, 1.807) is 0 Å². The molecule has 122 valence electrons. The first-order chi connectivity index (χ1) is 10.00. The molecule has 0 unspecified atom stereocenters. The molecule has 0 saturated carbocycles. The molecule has 1 aliphatic heterocycles. The van der Waals surface area contributed by atoms with Gasteiger partial charge in [-0.2, -0.15) is 13.2 Å². The van der Waals surface area contributed by atoms with Gasteiger partial charge >= 0.3 is 12.1 Å². The summed E-state index contributed by atoms with van der Waals surface area (Å²) in [5.74, 6) is -4.97. The Morgan fingerprint density at radius 2 is 1.77 bits per heavy atom. The lowest BCUT2D eigenvalue weighted by molar-refractivity contribution is -0.187. The zero-order chi connectivity index (χ0) is 16.7. The van der Waals surface area contributed by atoms with Crippen LogP contribution < -0.4 is 4.90 Å². The fourth-order valence-corrected chi connectivity index (χ4v) is 3.13. The van der Waals surface area contributed by atoms with Crippen molar-refractivity contribution in [3.05, 3.63) is 24.3 Å². The molecule has 1 saturated heterocycles. The second-order valence-corrected chi connectivity index (χ2v) is 7.28. The summed E-state index contributed by atoms with van der Waals surface area (Å²) in [4.78, 5) is 12.4. The van der Waals surface area contributed by atoms with Crippen LogP contribution in [0.4, 0.5) is 18.9 Å². The lowest BCUT2D eigenvalue weighted by Crippen LogP contribution is -2.33. The van der Waals surface area contributed by atoms with Crippen LogP contribution in [-0.2, 0) is 14.6 Å². The number of hydrogen-bond acceptors (Lipinski definition) is 4. The highest BCUT2D eigenvalue weighted by Crippen LogP contribution is 2.39. The van der Waals surface area contributed by atoms with E-state index < -0.39 is 40.4 Å². The largest absolute Gasteiger partial charge is 0.481 e. The number of hydrogen-bond donors (Lipinski definition) is 1. The maximum Gasteiger partial charge on any atom is 0.394 e. The van der Waals surface area contributed by atoms with Crippen LogP contribution in [-0.4, -0.2) is 45.0 Å². The molecule has 0 aliphatic carbocycles. The minimum atomic E-state index is -4.59. The van der Waals surface area contributed by atoms with Crippen molar-refractivity contribution in [1.82, 2.24) is 0 Å². The van der Waals surface area contributed by atoms with Crippen molar-refractivity contribution in [2.24, 2.45) is 11.8 Å². The summed E-state index contributed by atoms with van der Waals surface area (Å²) in [6, 6.07) is 5.35. The summed E-state index contributed by atoms with van der Waals surface area (Å²) in [6.07, 6.45) is -3.57. The molecule has 0 radical (unpaired) electrons. The SMILES string of the molecule is CS(=O)(=O)c1ccc(N2C[C@@H](C(F)(F)F)[C@H](C(=O)O)C2)cc1. The number of anilines is 1. The van der Waals surface area contributed by atoms with Crippen LogP contribution in [0, 0.1) is 11.8 Å². The van der Waals surface area contributed by atoms with Crippen molar-refractivity contribution in [2.45, 2.75) is 11.1 Å². The van der Waals surface area contributed by atoms with E-state index in [1.165, 1.54) is 29.2 Å². The fourth-order valence-electron chi connectivity index (χ4n) is 2.50. The number of carboxylic acid groups (broad SMARTS) is 1. The van der Waals surface area contributed by atoms with Crippen molar-refractivity contribution < 1.29 is 31.5 Å². The van der Waals surface area contributed by atoms with E-state index in [4.69, 9.17) is 5.11 Å². The van der Waals surface area contributed by atoms with Crippen LogP contribution in [0.3, 0.4) is 0 Å². The van der Waals surface area contributed by atoms with E-state index in [0.717, 1.165) is 6.26 Å². The molecule has 9 heteroatoms. The van der Waals surface area contributed by atoms with E-state index in [-0.39, 0.29) is 11.4 Å². The number of alkyl halides is 3. The van der Waals surface area contributed by atoms with Crippen molar-refractivity contribution in [3.8, 4) is 0 Å². The first-order valence-electron chi connectivity index (χ1n) is 6.34. The van der Waals surface area contributed by atoms with Crippen LogP contribution in [0.15, 0.2) is 29.2 Å². The number of carboxylic acids is 1. The topological polar surface area (TPSA) is 74.7 Å². The van der Waals surface area contributed by atoms with Gasteiger partial charge in [-0.25, -0.2) is 8.42 Å². The Kier molecular flexibility index (Phi) is 4.12. The highest BCUT2D eigenvalue weighted by atomic mass is 32.2. The quantitative estimate of drug-likeness (QED) is 0.910. The molecule has 0 spiro atoms. The molecule has 0 amide bonds. The van der Waals surface area contributed by atoms with Gasteiger partial charge in [-0.05, 0) is 24.3 Å². The first-order valence-corrected chi connectivity index (χ1v) is 8.24. The van der Waals surface area contributed by atoms with Crippen LogP contribution in [0.25, 0.3) is 0 Å². The van der Waals surface area contributed by atoms with Gasteiger partial charge in [-0.1, -0.05) is 0 Å². The number of halogens is 3. The second kappa shape index (κ2) is 5.45. The van der Waals surface area contributed by atoms with Crippen molar-refractivity contribution in [1.29, 1.82) is 0 Å². The van der Waals surface area contributed by atoms with E-state index in [9.17, 15) is 26.4 Å². The standard InChI is InChI=1S/C13H14F3NO4S/c1-22(20,21)9-4-2-8(3-5-9)17-6-10(12(18)19)11(7-17)13(14,15)16/h2-5,10-11H,6-7H2,1H3,(H,18,19)/t10-,11-/m1/s1. The maximum absolute atomic E-state index is 12.9. The van der Waals surface area contributed by atoms with E-state index >= 15 is 0 Å². The summed E-state index contributed by atoms with van der Waals surface area (Å²) in [6.45, 7) is -0.726. The molecule has 1 N–H and O–H groups in total. The molecule has 22 heavy (non-hydrogen) atoms. The molecule has 1 heterocycles. The van der Waals surface area contributed by atoms with Crippen molar-refractivity contribution in [2.75, 3.05) is 24.2 Å². The molecule has 5 nitrogen and oxygen atoms in total. The number of aliphatic carboxylic acids is 1. The lowest BCUT2D eigenvalue weighted by atomic mass is 9.96. The second-order valence-electron chi connectivity index (χ2n) is 5.26. The molecule has 1 aromatic rings. The number of carbonyl (C=O) groups is 1. The Morgan fingerprint density at radius 1 is 1.23 bits per heavy atom. The average Bonchev–Trinajstić information content (AvgIpc) is 2.83. The predicted molar refractivity (Wildman–Crippen MR) is 72.4 cm³/mol. The first kappa shape index (κ1) is 16.6. The van der Waals surface area contributed by atoms with Crippen LogP contribution in [0.2, 0.25) is 0 Å². The summed E-state index contributed by atoms with van der Waals surface area (Å²) in [5.41, 5.74) is 0.366. The van der Waals surface area contributed by atoms with Gasteiger partial charge in [0.15, 0.2) is 9.84 Å². The maximum atomic E-state index is 12.9. The zero-order valence-corrected chi connectivity index (χ0v) is 12.4. The predicted octanol–water partition coefficient (Wildman–Crippen LogP) is 1.79. The Labute approximate surface area is 125 Å². The number of rotatable bonds is 3. The minimum Gasteiger partial charge on any atom is -0.481 e. The highest BCUT2D eigenvalue weighted by molar-refractivity contribution is 7.90. The van der Waals surface area contributed by atoms with Crippen LogP contribution >= 0.6 is 0 Å². The zero-order valence-electron chi connectivity index (χ0n) is 11.5. The molecule has 1 aliphatic rings. The Bertz CT molecular complexity index is 670. The Balaban J connectivity index is 2.26. The van der Waals surface area contributed by atoms with Crippen molar-refractivity contribution in [3.63, 3.8) is 0 Å². The molecule has 1 aromatic carbocycles. The molecule has 0 bridgehead atoms. The van der Waals surface area contributed by atoms with Gasteiger partial charge in [-0.3, -0.25) is 4.79 Å². The molecule has 2 atom stereocenters. The highest BCUT2D eigenvalue weighted by Gasteiger charge is 2.52. The third kappa shape index (κ3) is 3.34. The smallest absolute Gasteiger partial charge is 0.394 e. The van der Waals surface area contributed by atoms with E-state index in [0.29, 0.717) is 5.69 Å². The normalized spacial score (nSPS) is 22.8. The molecule has 1 fully saturated rings. The lowest BCUT2D eigenvalue weighted by Gasteiger charge is -2.19. The Hall–Kier alpha value is -1.77. The van der Waals surface area contributed by atoms with Gasteiger partial charge in [0.1, 0.15) is 0 Å². The van der Waals surface area contributed by atoms with Crippen molar-refractivity contribution >= 4 is 21.5 Å². The van der Waals surface area contributed by atoms with Gasteiger partial charge < -0.3 is 10.0 Å². The van der Waals surface area contributed by atoms with Gasteiger partial charge in [0.25, 0.3) is 0 Å². The molecular weight excluding hydrogens is 323 g/mol. The van der Waals surface area contributed by atoms with Gasteiger partial charge in [-0.15, -0.1) is 0 Å². The monoisotopic (exact) mass is 337 g/mol. The van der Waals surface area contributed by atoms with E-state index in [1.807, 2.05) is 0 Å². The van der Waals surface area contributed by atoms with Crippen LogP contribution in [0.5, 0.6) is 0 Å². The third-order valence-corrected chi connectivity index (χ3v) is 4.82. The van der Waals surface area contributed by atoms with Crippen LogP contribution in [0.1, 0.15) is 0 Å². The number of benzene rings is 1. The summed E-state index contributed by atoms with van der Waals surface area (Å²) in [5, 5.41) is 8.96. The fraction of sp³-hybridized carbons (Fsp3) is 0.462. The Morgan fingerprint density at radius 3 is 2.14 bits per heavy atom. The van der Waals surface area contributed by atoms with E-state index in [2.05, 4.69) is 0 Å². The van der Waals surface area contributed by atoms with Gasteiger partial charge in [0, 0.05) is 25.0 Å². The van der Waals surface area contributed by atoms with Gasteiger partial charge in [0.05, 0.1) is 16.7 Å². The summed E-state index contributed by atoms with van der Waals surface area (Å²) < 4.78 is 61.4. The molecular formula is C13H14F3NO4S. The van der Waals surface area contributed by atoms with Gasteiger partial charge in [0.2, 0.25) is 0 Å². The summed E-state index contributed by atoms with van der Waals surface area (Å²) in [7, 11) is -3.39. The third-order valence-electron chi connectivity index (χ3n) is 3.69. The number of sulfone groups is 1. The molecule has 2 rings (SSSR count). The average molecular weight is 337 g/mol. The molecule has 0 aromatic heterocycles. The minimum absolute atomic E-state index is 0.0533. The number of nitrogens with zero attached hydrogens (tertiary/aromatic N) is 1. The summed E-state index contributed by atoms with van der Waals surface area (Å²) >= 11 is 0.